The molecule has 5 rings (SSSR count). The fraction of sp³-hybridized carbons (Fsp3) is 0.100. The highest BCUT2D eigenvalue weighted by Crippen LogP contribution is 2.28. The predicted molar refractivity (Wildman–Crippen MR) is 107 cm³/mol. The molecule has 0 N–H and O–H groups in total. The average Bonchev–Trinajstić information content (AvgIpc) is 3.35. The molecule has 0 radical (unpaired) electrons. The number of nitro benzene ring substituents is 1. The molecular weight excluding hydrogens is 376 g/mol. The number of nitro groups is 1. The van der Waals surface area contributed by atoms with Gasteiger partial charge in [0.2, 0.25) is 4.96 Å². The van der Waals surface area contributed by atoms with Gasteiger partial charge in [0, 0.05) is 35.1 Å². The number of imidazole rings is 1. The van der Waals surface area contributed by atoms with Crippen LogP contribution in [0.15, 0.2) is 59.3 Å². The van der Waals surface area contributed by atoms with Crippen LogP contribution in [-0.2, 0) is 6.42 Å². The summed E-state index contributed by atoms with van der Waals surface area (Å²) < 4.78 is 7.42. The molecule has 0 aliphatic carbocycles. The minimum absolute atomic E-state index is 0.0627. The summed E-state index contributed by atoms with van der Waals surface area (Å²) in [6.45, 7) is 2.04. The monoisotopic (exact) mass is 390 g/mol. The van der Waals surface area contributed by atoms with E-state index in [-0.39, 0.29) is 5.69 Å². The number of non-ortho nitro benzene ring substituents is 1. The van der Waals surface area contributed by atoms with Gasteiger partial charge in [-0.3, -0.25) is 10.1 Å². The van der Waals surface area contributed by atoms with Crippen molar-refractivity contribution >= 4 is 33.0 Å². The SMILES string of the molecule is Cc1ccc2c(Cc3nn4cc(-c5ccc([N+](=O)[O-])cc5)nc4s3)coc2c1. The van der Waals surface area contributed by atoms with Gasteiger partial charge >= 0.3 is 0 Å². The number of rotatable bonds is 4. The Bertz CT molecular complexity index is 1300. The van der Waals surface area contributed by atoms with E-state index in [1.165, 1.54) is 29.0 Å². The molecule has 0 fully saturated rings. The lowest BCUT2D eigenvalue weighted by Gasteiger charge is -1.96. The van der Waals surface area contributed by atoms with Crippen LogP contribution in [-0.4, -0.2) is 19.5 Å². The Labute approximate surface area is 163 Å². The predicted octanol–water partition coefficient (Wildman–Crippen LogP) is 5.01. The fourth-order valence-corrected chi connectivity index (χ4v) is 4.09. The van der Waals surface area contributed by atoms with Crippen molar-refractivity contribution in [3.8, 4) is 11.3 Å². The molecule has 28 heavy (non-hydrogen) atoms. The third kappa shape index (κ3) is 2.84. The summed E-state index contributed by atoms with van der Waals surface area (Å²) in [6.07, 6.45) is 4.31. The second-order valence-electron chi connectivity index (χ2n) is 6.59. The molecular formula is C20H14N4O3S. The number of aryl methyl sites for hydroxylation is 1. The van der Waals surface area contributed by atoms with Gasteiger partial charge in [0.25, 0.3) is 5.69 Å². The molecule has 0 atom stereocenters. The Morgan fingerprint density at radius 2 is 2.04 bits per heavy atom. The summed E-state index contributed by atoms with van der Waals surface area (Å²) in [7, 11) is 0. The minimum Gasteiger partial charge on any atom is -0.464 e. The number of furan rings is 1. The van der Waals surface area contributed by atoms with Crippen molar-refractivity contribution in [1.29, 1.82) is 0 Å². The molecule has 0 aliphatic rings. The maximum Gasteiger partial charge on any atom is 0.269 e. The quantitative estimate of drug-likeness (QED) is 0.318. The zero-order chi connectivity index (χ0) is 19.3. The van der Waals surface area contributed by atoms with Gasteiger partial charge in [-0.2, -0.15) is 5.10 Å². The first-order chi connectivity index (χ1) is 13.6. The molecule has 5 aromatic rings. The molecule has 0 amide bonds. The molecule has 0 saturated heterocycles. The molecule has 7 nitrogen and oxygen atoms in total. The van der Waals surface area contributed by atoms with E-state index >= 15 is 0 Å². The Morgan fingerprint density at radius 3 is 2.79 bits per heavy atom. The summed E-state index contributed by atoms with van der Waals surface area (Å²) in [5.74, 6) is 0. The van der Waals surface area contributed by atoms with Gasteiger partial charge < -0.3 is 4.42 Å². The van der Waals surface area contributed by atoms with E-state index in [9.17, 15) is 10.1 Å². The van der Waals surface area contributed by atoms with Crippen LogP contribution < -0.4 is 0 Å². The molecule has 0 saturated carbocycles. The Kier molecular flexibility index (Phi) is 3.73. The van der Waals surface area contributed by atoms with E-state index in [2.05, 4.69) is 22.2 Å². The number of benzene rings is 2. The average molecular weight is 390 g/mol. The molecule has 0 spiro atoms. The maximum atomic E-state index is 10.8. The summed E-state index contributed by atoms with van der Waals surface area (Å²) in [6, 6.07) is 12.5. The van der Waals surface area contributed by atoms with Gasteiger partial charge in [-0.15, -0.1) is 0 Å². The van der Waals surface area contributed by atoms with Crippen molar-refractivity contribution in [2.75, 3.05) is 0 Å². The van der Waals surface area contributed by atoms with Crippen molar-refractivity contribution in [2.24, 2.45) is 0 Å². The second-order valence-corrected chi connectivity index (χ2v) is 7.63. The van der Waals surface area contributed by atoms with Crippen LogP contribution in [0.5, 0.6) is 0 Å². The Hall–Kier alpha value is -3.52. The lowest BCUT2D eigenvalue weighted by Crippen LogP contribution is -1.89. The van der Waals surface area contributed by atoms with Crippen molar-refractivity contribution < 1.29 is 9.34 Å². The normalized spacial score (nSPS) is 11.5. The van der Waals surface area contributed by atoms with Crippen LogP contribution in [0, 0.1) is 17.0 Å². The Balaban J connectivity index is 1.43. The van der Waals surface area contributed by atoms with Gasteiger partial charge in [0.05, 0.1) is 23.1 Å². The van der Waals surface area contributed by atoms with E-state index < -0.39 is 4.92 Å². The van der Waals surface area contributed by atoms with E-state index in [0.29, 0.717) is 6.42 Å². The van der Waals surface area contributed by atoms with Crippen LogP contribution in [0.1, 0.15) is 16.1 Å². The van der Waals surface area contributed by atoms with Crippen LogP contribution in [0.2, 0.25) is 0 Å². The highest BCUT2D eigenvalue weighted by atomic mass is 32.1. The van der Waals surface area contributed by atoms with E-state index in [1.54, 1.807) is 22.9 Å². The summed E-state index contributed by atoms with van der Waals surface area (Å²) in [4.78, 5) is 15.8. The number of fused-ring (bicyclic) bond motifs is 2. The van der Waals surface area contributed by atoms with Crippen molar-refractivity contribution in [3.63, 3.8) is 0 Å². The number of nitrogens with zero attached hydrogens (tertiary/aromatic N) is 4. The molecule has 8 heteroatoms. The highest BCUT2D eigenvalue weighted by molar-refractivity contribution is 7.16. The number of hydrogen-bond donors (Lipinski definition) is 0. The van der Waals surface area contributed by atoms with Gasteiger partial charge in [-0.1, -0.05) is 23.5 Å². The zero-order valence-corrected chi connectivity index (χ0v) is 15.6. The van der Waals surface area contributed by atoms with Gasteiger partial charge in [-0.25, -0.2) is 9.50 Å². The smallest absolute Gasteiger partial charge is 0.269 e. The molecule has 3 aromatic heterocycles. The first-order valence-electron chi connectivity index (χ1n) is 8.63. The van der Waals surface area contributed by atoms with E-state index in [4.69, 9.17) is 4.42 Å². The van der Waals surface area contributed by atoms with Crippen LogP contribution in [0.25, 0.3) is 27.2 Å². The lowest BCUT2D eigenvalue weighted by atomic mass is 10.1. The Morgan fingerprint density at radius 1 is 1.21 bits per heavy atom. The first kappa shape index (κ1) is 16.6. The van der Waals surface area contributed by atoms with Gasteiger partial charge in [0.1, 0.15) is 10.6 Å². The fourth-order valence-electron chi connectivity index (χ4n) is 3.20. The van der Waals surface area contributed by atoms with E-state index in [0.717, 1.165) is 37.8 Å². The second kappa shape index (κ2) is 6.28. The number of hydrogen-bond acceptors (Lipinski definition) is 6. The third-order valence-corrected chi connectivity index (χ3v) is 5.53. The van der Waals surface area contributed by atoms with Crippen molar-refractivity contribution in [2.45, 2.75) is 13.3 Å². The molecule has 0 aliphatic heterocycles. The van der Waals surface area contributed by atoms with Crippen LogP contribution >= 0.6 is 11.3 Å². The summed E-state index contributed by atoms with van der Waals surface area (Å²) in [5, 5.41) is 17.5. The summed E-state index contributed by atoms with van der Waals surface area (Å²) >= 11 is 1.52. The van der Waals surface area contributed by atoms with Crippen molar-refractivity contribution in [1.82, 2.24) is 14.6 Å². The zero-order valence-electron chi connectivity index (χ0n) is 14.8. The minimum atomic E-state index is -0.412. The highest BCUT2D eigenvalue weighted by Gasteiger charge is 2.14. The summed E-state index contributed by atoms with van der Waals surface area (Å²) in [5.41, 5.74) is 4.78. The van der Waals surface area contributed by atoms with Crippen LogP contribution in [0.3, 0.4) is 0 Å². The molecule has 2 aromatic carbocycles. The molecule has 0 bridgehead atoms. The van der Waals surface area contributed by atoms with Gasteiger partial charge in [0.15, 0.2) is 0 Å². The molecule has 138 valence electrons. The standard InChI is InChI=1S/C20H14N4O3S/c1-12-2-7-16-14(11-27-18(16)8-12)9-19-22-23-10-17(21-20(23)28-19)13-3-5-15(6-4-13)24(25)26/h2-8,10-11H,9H2,1H3. The third-order valence-electron chi connectivity index (χ3n) is 4.61. The van der Waals surface area contributed by atoms with E-state index in [1.807, 2.05) is 19.2 Å². The van der Waals surface area contributed by atoms with Crippen LogP contribution in [0.4, 0.5) is 5.69 Å². The molecule has 3 heterocycles. The lowest BCUT2D eigenvalue weighted by molar-refractivity contribution is -0.384. The first-order valence-corrected chi connectivity index (χ1v) is 9.45. The topological polar surface area (TPSA) is 86.5 Å². The number of aromatic nitrogens is 3. The molecule has 0 unspecified atom stereocenters. The maximum absolute atomic E-state index is 10.8. The largest absolute Gasteiger partial charge is 0.464 e. The van der Waals surface area contributed by atoms with Gasteiger partial charge in [-0.05, 0) is 30.7 Å². The van der Waals surface area contributed by atoms with Crippen molar-refractivity contribution in [3.05, 3.63) is 81.2 Å².